The Bertz CT molecular complexity index is 1030. The van der Waals surface area contributed by atoms with E-state index in [9.17, 15) is 0 Å². The number of ether oxygens (including phenoxy) is 2. The zero-order valence-electron chi connectivity index (χ0n) is 17.9. The number of anilines is 2. The highest BCUT2D eigenvalue weighted by molar-refractivity contribution is 7.09. The molecule has 0 radical (unpaired) electrons. The van der Waals surface area contributed by atoms with E-state index >= 15 is 0 Å². The lowest BCUT2D eigenvalue weighted by Crippen LogP contribution is -2.46. The lowest BCUT2D eigenvalue weighted by Gasteiger charge is -2.35. The molecule has 31 heavy (non-hydrogen) atoms. The molecule has 0 spiro atoms. The van der Waals surface area contributed by atoms with Crippen LogP contribution in [0.5, 0.6) is 5.88 Å². The SMILES string of the molecule is CN(C)c1nc(CN2CCN(c3ccc4ncnc(OC5CCOC5)c4c3)CC2)ns1. The number of rotatable bonds is 6. The first-order valence-corrected chi connectivity index (χ1v) is 11.4. The summed E-state index contributed by atoms with van der Waals surface area (Å²) in [5, 5.41) is 1.91. The smallest absolute Gasteiger partial charge is 0.224 e. The zero-order valence-corrected chi connectivity index (χ0v) is 18.7. The fraction of sp³-hybridized carbons (Fsp3) is 0.524. The standard InChI is InChI=1S/C21H27N7O2S/c1-26(2)21-24-19(25-31-21)12-27-6-8-28(9-7-27)15-3-4-18-17(11-15)20(23-14-22-18)30-16-5-10-29-13-16/h3-4,11,14,16H,5-10,12-13H2,1-2H3. The van der Waals surface area contributed by atoms with E-state index in [4.69, 9.17) is 9.47 Å². The van der Waals surface area contributed by atoms with Crippen LogP contribution in [0.1, 0.15) is 12.2 Å². The molecule has 0 amide bonds. The summed E-state index contributed by atoms with van der Waals surface area (Å²) in [6.45, 7) is 6.02. The quantitative estimate of drug-likeness (QED) is 0.571. The van der Waals surface area contributed by atoms with E-state index in [0.717, 1.165) is 67.6 Å². The minimum absolute atomic E-state index is 0.0673. The van der Waals surface area contributed by atoms with E-state index < -0.39 is 0 Å². The zero-order chi connectivity index (χ0) is 21.2. The summed E-state index contributed by atoms with van der Waals surface area (Å²) in [6.07, 6.45) is 2.54. The van der Waals surface area contributed by atoms with Gasteiger partial charge in [0.25, 0.3) is 0 Å². The van der Waals surface area contributed by atoms with Gasteiger partial charge in [-0.2, -0.15) is 4.37 Å². The van der Waals surface area contributed by atoms with Crippen LogP contribution in [0, 0.1) is 0 Å². The third kappa shape index (κ3) is 4.56. The normalized spacial score (nSPS) is 19.8. The van der Waals surface area contributed by atoms with Crippen LogP contribution in [0.4, 0.5) is 10.8 Å². The van der Waals surface area contributed by atoms with Crippen molar-refractivity contribution >= 4 is 33.3 Å². The van der Waals surface area contributed by atoms with E-state index in [1.54, 1.807) is 6.33 Å². The number of benzene rings is 1. The number of piperazine rings is 1. The molecule has 4 heterocycles. The van der Waals surface area contributed by atoms with Crippen molar-refractivity contribution in [2.75, 3.05) is 63.3 Å². The highest BCUT2D eigenvalue weighted by atomic mass is 32.1. The van der Waals surface area contributed by atoms with Gasteiger partial charge >= 0.3 is 0 Å². The number of nitrogens with zero attached hydrogens (tertiary/aromatic N) is 7. The van der Waals surface area contributed by atoms with Gasteiger partial charge in [-0.25, -0.2) is 15.0 Å². The van der Waals surface area contributed by atoms with Crippen molar-refractivity contribution in [2.45, 2.75) is 19.1 Å². The van der Waals surface area contributed by atoms with Gasteiger partial charge in [-0.15, -0.1) is 0 Å². The average Bonchev–Trinajstić information content (AvgIpc) is 3.47. The van der Waals surface area contributed by atoms with Gasteiger partial charge in [0.05, 0.1) is 30.7 Å². The van der Waals surface area contributed by atoms with Gasteiger partial charge < -0.3 is 19.3 Å². The molecule has 164 valence electrons. The maximum Gasteiger partial charge on any atom is 0.224 e. The molecule has 0 aliphatic carbocycles. The van der Waals surface area contributed by atoms with Crippen molar-refractivity contribution < 1.29 is 9.47 Å². The molecule has 0 N–H and O–H groups in total. The minimum Gasteiger partial charge on any atom is -0.471 e. The Morgan fingerprint density at radius 2 is 2.06 bits per heavy atom. The second kappa shape index (κ2) is 8.89. The summed E-state index contributed by atoms with van der Waals surface area (Å²) in [5.41, 5.74) is 2.08. The van der Waals surface area contributed by atoms with Gasteiger partial charge in [0.1, 0.15) is 12.4 Å². The van der Waals surface area contributed by atoms with Crippen LogP contribution in [0.3, 0.4) is 0 Å². The molecule has 1 aromatic carbocycles. The fourth-order valence-corrected chi connectivity index (χ4v) is 4.53. The minimum atomic E-state index is 0.0673. The molecule has 2 aromatic heterocycles. The highest BCUT2D eigenvalue weighted by Crippen LogP contribution is 2.29. The summed E-state index contributed by atoms with van der Waals surface area (Å²) in [4.78, 5) is 20.2. The lowest BCUT2D eigenvalue weighted by molar-refractivity contribution is 0.139. The van der Waals surface area contributed by atoms with Crippen molar-refractivity contribution in [2.24, 2.45) is 0 Å². The van der Waals surface area contributed by atoms with Gasteiger partial charge in [0, 0.05) is 63.9 Å². The molecular weight excluding hydrogens is 414 g/mol. The van der Waals surface area contributed by atoms with Gasteiger partial charge in [-0.3, -0.25) is 4.90 Å². The fourth-order valence-electron chi connectivity index (χ4n) is 3.93. The molecule has 10 heteroatoms. The van der Waals surface area contributed by atoms with E-state index in [2.05, 4.69) is 47.3 Å². The molecule has 3 aromatic rings. The average molecular weight is 442 g/mol. The topological polar surface area (TPSA) is 79.7 Å². The van der Waals surface area contributed by atoms with E-state index in [1.165, 1.54) is 17.2 Å². The molecule has 1 atom stereocenters. The van der Waals surface area contributed by atoms with Crippen LogP contribution in [-0.4, -0.2) is 83.8 Å². The maximum atomic E-state index is 6.11. The van der Waals surface area contributed by atoms with Gasteiger partial charge in [-0.05, 0) is 18.2 Å². The first-order valence-electron chi connectivity index (χ1n) is 10.6. The lowest BCUT2D eigenvalue weighted by atomic mass is 10.2. The van der Waals surface area contributed by atoms with Crippen LogP contribution in [0.15, 0.2) is 24.5 Å². The van der Waals surface area contributed by atoms with Gasteiger partial charge in [0.15, 0.2) is 5.82 Å². The molecule has 2 aliphatic heterocycles. The van der Waals surface area contributed by atoms with Crippen molar-refractivity contribution in [1.82, 2.24) is 24.2 Å². The Labute approximate surface area is 185 Å². The highest BCUT2D eigenvalue weighted by Gasteiger charge is 2.22. The molecule has 9 nitrogen and oxygen atoms in total. The predicted molar refractivity (Wildman–Crippen MR) is 121 cm³/mol. The molecule has 0 saturated carbocycles. The molecule has 2 fully saturated rings. The Balaban J connectivity index is 1.25. The molecular formula is C21H27N7O2S. The van der Waals surface area contributed by atoms with E-state index in [0.29, 0.717) is 12.5 Å². The second-order valence-electron chi connectivity index (χ2n) is 8.13. The largest absolute Gasteiger partial charge is 0.471 e. The van der Waals surface area contributed by atoms with Crippen LogP contribution < -0.4 is 14.5 Å². The molecule has 5 rings (SSSR count). The summed E-state index contributed by atoms with van der Waals surface area (Å²) < 4.78 is 16.0. The van der Waals surface area contributed by atoms with Gasteiger partial charge in [0.2, 0.25) is 11.0 Å². The first-order chi connectivity index (χ1) is 15.2. The Morgan fingerprint density at radius 1 is 1.19 bits per heavy atom. The van der Waals surface area contributed by atoms with Crippen LogP contribution in [0.2, 0.25) is 0 Å². The van der Waals surface area contributed by atoms with E-state index in [-0.39, 0.29) is 6.10 Å². The van der Waals surface area contributed by atoms with Crippen LogP contribution in [-0.2, 0) is 11.3 Å². The summed E-state index contributed by atoms with van der Waals surface area (Å²) in [7, 11) is 3.99. The van der Waals surface area contributed by atoms with Crippen molar-refractivity contribution in [3.8, 4) is 5.88 Å². The van der Waals surface area contributed by atoms with Crippen LogP contribution >= 0.6 is 11.5 Å². The number of hydrogen-bond acceptors (Lipinski definition) is 10. The summed E-state index contributed by atoms with van der Waals surface area (Å²) in [6, 6.07) is 6.35. The number of fused-ring (bicyclic) bond motifs is 1. The van der Waals surface area contributed by atoms with E-state index in [1.807, 2.05) is 19.0 Å². The summed E-state index contributed by atoms with van der Waals surface area (Å²) in [5.74, 6) is 1.55. The number of hydrogen-bond donors (Lipinski definition) is 0. The monoisotopic (exact) mass is 441 g/mol. The Kier molecular flexibility index (Phi) is 5.84. The molecule has 2 saturated heterocycles. The second-order valence-corrected chi connectivity index (χ2v) is 8.86. The molecule has 2 aliphatic rings. The van der Waals surface area contributed by atoms with Crippen molar-refractivity contribution in [3.05, 3.63) is 30.4 Å². The molecule has 1 unspecified atom stereocenters. The number of aromatic nitrogens is 4. The Morgan fingerprint density at radius 3 is 2.81 bits per heavy atom. The predicted octanol–water partition coefficient (Wildman–Crippen LogP) is 2.04. The van der Waals surface area contributed by atoms with Gasteiger partial charge in [-0.1, -0.05) is 0 Å². The third-order valence-corrected chi connectivity index (χ3v) is 6.61. The molecule has 0 bridgehead atoms. The maximum absolute atomic E-state index is 6.11. The third-order valence-electron chi connectivity index (χ3n) is 5.69. The van der Waals surface area contributed by atoms with Crippen LogP contribution in [0.25, 0.3) is 10.9 Å². The van der Waals surface area contributed by atoms with Crippen molar-refractivity contribution in [1.29, 1.82) is 0 Å². The first kappa shape index (κ1) is 20.3. The van der Waals surface area contributed by atoms with Crippen molar-refractivity contribution in [3.63, 3.8) is 0 Å². The Hall–Kier alpha value is -2.56. The summed E-state index contributed by atoms with van der Waals surface area (Å²) >= 11 is 1.45.